The fraction of sp³-hybridized carbons (Fsp3) is 0.250. The van der Waals surface area contributed by atoms with Crippen molar-refractivity contribution in [2.45, 2.75) is 0 Å². The van der Waals surface area contributed by atoms with E-state index in [0.29, 0.717) is 0 Å². The Labute approximate surface area is 92.0 Å². The molecule has 1 aromatic carbocycles. The molecule has 56 valence electrons. The third kappa shape index (κ3) is 2.91. The molecule has 0 bridgehead atoms. The van der Waals surface area contributed by atoms with E-state index in [1.165, 1.54) is 5.69 Å². The van der Waals surface area contributed by atoms with Gasteiger partial charge in [-0.2, -0.15) is 0 Å². The topological polar surface area (TPSA) is 3.24 Å². The predicted octanol–water partition coefficient (Wildman–Crippen LogP) is 1.75. The summed E-state index contributed by atoms with van der Waals surface area (Å²) >= 11 is 0. The molecule has 1 nitrogen and oxygen atoms in total. The van der Waals surface area contributed by atoms with Crippen molar-refractivity contribution in [2.24, 2.45) is 0 Å². The van der Waals surface area contributed by atoms with Gasteiger partial charge in [-0.25, -0.2) is 0 Å². The zero-order valence-corrected chi connectivity index (χ0v) is 6.89. The van der Waals surface area contributed by atoms with Crippen molar-refractivity contribution in [1.82, 2.24) is 0 Å². The maximum absolute atomic E-state index is 2.08. The maximum atomic E-state index is 2.08. The molecule has 1 aromatic rings. The van der Waals surface area contributed by atoms with Gasteiger partial charge in [-0.15, -0.1) is 0 Å². The van der Waals surface area contributed by atoms with Gasteiger partial charge in [0.25, 0.3) is 0 Å². The van der Waals surface area contributed by atoms with Crippen molar-refractivity contribution >= 4 is 5.69 Å². The number of hydrogen-bond donors (Lipinski definition) is 0. The Bertz CT molecular complexity index is 172. The third-order valence-electron chi connectivity index (χ3n) is 1.27. The van der Waals surface area contributed by atoms with Gasteiger partial charge in [0.05, 0.1) is 0 Å². The summed E-state index contributed by atoms with van der Waals surface area (Å²) in [4.78, 5) is 2.08. The van der Waals surface area contributed by atoms with E-state index in [9.17, 15) is 0 Å². The first-order valence-electron chi connectivity index (χ1n) is 3.03. The van der Waals surface area contributed by atoms with Gasteiger partial charge in [0.15, 0.2) is 0 Å². The van der Waals surface area contributed by atoms with E-state index in [0.717, 1.165) is 0 Å². The fourth-order valence-corrected chi connectivity index (χ4v) is 0.726. The summed E-state index contributed by atoms with van der Waals surface area (Å²) in [5.74, 6) is 0. The van der Waals surface area contributed by atoms with E-state index in [1.54, 1.807) is 0 Å². The molecule has 0 N–H and O–H groups in total. The molecule has 0 unspecified atom stereocenters. The molecule has 0 aliphatic carbocycles. The first kappa shape index (κ1) is 10.3. The van der Waals surface area contributed by atoms with Crippen LogP contribution in [0.4, 0.5) is 5.69 Å². The van der Waals surface area contributed by atoms with Crippen molar-refractivity contribution < 1.29 is 37.7 Å². The minimum atomic E-state index is 0. The van der Waals surface area contributed by atoms with Crippen LogP contribution < -0.4 is 4.90 Å². The molecule has 0 amide bonds. The molecular formula is C8H11ArN. The van der Waals surface area contributed by atoms with Crippen LogP contribution in [0.5, 0.6) is 0 Å². The second-order valence-electron chi connectivity index (χ2n) is 2.23. The summed E-state index contributed by atoms with van der Waals surface area (Å²) < 4.78 is 0. The molecule has 1 rings (SSSR count). The average molecular weight is 161 g/mol. The summed E-state index contributed by atoms with van der Waals surface area (Å²) in [6.45, 7) is 0. The van der Waals surface area contributed by atoms with Crippen LogP contribution in [0.15, 0.2) is 30.3 Å². The zero-order chi connectivity index (χ0) is 6.69. The molecule has 0 radical (unpaired) electrons. The molecule has 0 heterocycles. The Kier molecular flexibility index (Phi) is 5.14. The summed E-state index contributed by atoms with van der Waals surface area (Å²) in [6.07, 6.45) is 0. The first-order chi connectivity index (χ1) is 4.30. The molecule has 0 atom stereocenters. The second-order valence-corrected chi connectivity index (χ2v) is 2.23. The standard InChI is InChI=1S/C8H11N.Ar/c1-9(2)8-6-4-3-5-7-8;/h3-7H,1-2H3;. The molecular weight excluding hydrogens is 150 g/mol. The fourth-order valence-electron chi connectivity index (χ4n) is 0.726. The minimum Gasteiger partial charge on any atom is -0.378 e. The molecule has 0 spiro atoms. The predicted molar refractivity (Wildman–Crippen MR) is 40.8 cm³/mol. The van der Waals surface area contributed by atoms with Crippen molar-refractivity contribution in [3.05, 3.63) is 30.3 Å². The zero-order valence-electron chi connectivity index (χ0n) is 6.19. The molecule has 10 heavy (non-hydrogen) atoms. The van der Waals surface area contributed by atoms with Gasteiger partial charge in [0.2, 0.25) is 0 Å². The maximum Gasteiger partial charge on any atom is 0.0360 e. The van der Waals surface area contributed by atoms with Crippen LogP contribution in [-0.2, 0) is 0 Å². The third-order valence-corrected chi connectivity index (χ3v) is 1.27. The van der Waals surface area contributed by atoms with Crippen LogP contribution in [0.1, 0.15) is 0 Å². The van der Waals surface area contributed by atoms with Crippen LogP contribution in [0.3, 0.4) is 0 Å². The Morgan fingerprint density at radius 1 is 1.00 bits per heavy atom. The number of nitrogens with zero attached hydrogens (tertiary/aromatic N) is 1. The monoisotopic (exact) mass is 161 g/mol. The first-order valence-corrected chi connectivity index (χ1v) is 3.03. The molecule has 0 saturated heterocycles. The Morgan fingerprint density at radius 2 is 1.50 bits per heavy atom. The van der Waals surface area contributed by atoms with Crippen LogP contribution in [0, 0.1) is 37.7 Å². The van der Waals surface area contributed by atoms with E-state index < -0.39 is 0 Å². The van der Waals surface area contributed by atoms with Crippen LogP contribution in [0.25, 0.3) is 0 Å². The van der Waals surface area contributed by atoms with Gasteiger partial charge in [-0.1, -0.05) is 18.2 Å². The molecule has 0 fully saturated rings. The summed E-state index contributed by atoms with van der Waals surface area (Å²) in [7, 11) is 4.07. The van der Waals surface area contributed by atoms with Gasteiger partial charge in [-0.05, 0) is 12.1 Å². The van der Waals surface area contributed by atoms with Gasteiger partial charge >= 0.3 is 0 Å². The van der Waals surface area contributed by atoms with E-state index >= 15 is 0 Å². The largest absolute Gasteiger partial charge is 0.378 e. The molecule has 0 aliphatic heterocycles. The SMILES string of the molecule is CN(C)c1ccccc1.[Ar]. The van der Waals surface area contributed by atoms with Crippen LogP contribution in [-0.4, -0.2) is 14.1 Å². The van der Waals surface area contributed by atoms with Crippen molar-refractivity contribution in [3.63, 3.8) is 0 Å². The number of rotatable bonds is 1. The van der Waals surface area contributed by atoms with Crippen LogP contribution >= 0.6 is 0 Å². The Hall–Kier alpha value is 0.280. The van der Waals surface area contributed by atoms with Crippen molar-refractivity contribution in [3.8, 4) is 0 Å². The quantitative estimate of drug-likeness (QED) is 0.606. The van der Waals surface area contributed by atoms with Gasteiger partial charge < -0.3 is 4.90 Å². The Morgan fingerprint density at radius 3 is 1.80 bits per heavy atom. The van der Waals surface area contributed by atoms with E-state index in [1.807, 2.05) is 32.3 Å². The van der Waals surface area contributed by atoms with Gasteiger partial charge in [0, 0.05) is 57.5 Å². The minimum absolute atomic E-state index is 0. The molecule has 0 aromatic heterocycles. The van der Waals surface area contributed by atoms with Crippen molar-refractivity contribution in [1.29, 1.82) is 0 Å². The normalized spacial score (nSPS) is 8.20. The van der Waals surface area contributed by atoms with E-state index in [2.05, 4.69) is 17.0 Å². The molecule has 2 heteroatoms. The summed E-state index contributed by atoms with van der Waals surface area (Å²) in [5, 5.41) is 0. The van der Waals surface area contributed by atoms with Crippen LogP contribution in [0.2, 0.25) is 0 Å². The summed E-state index contributed by atoms with van der Waals surface area (Å²) in [6, 6.07) is 10.3. The summed E-state index contributed by atoms with van der Waals surface area (Å²) in [5.41, 5.74) is 1.25. The average Bonchev–Trinajstić information content (AvgIpc) is 1.90. The van der Waals surface area contributed by atoms with E-state index in [-0.39, 0.29) is 37.7 Å². The van der Waals surface area contributed by atoms with Gasteiger partial charge in [-0.3, -0.25) is 0 Å². The second kappa shape index (κ2) is 5.00. The number of hydrogen-bond acceptors (Lipinski definition) is 1. The molecule has 0 aliphatic rings. The Balaban J connectivity index is 0.000000810. The number of para-hydroxylation sites is 1. The van der Waals surface area contributed by atoms with E-state index in [4.69, 9.17) is 0 Å². The van der Waals surface area contributed by atoms with Crippen molar-refractivity contribution in [2.75, 3.05) is 19.0 Å². The number of anilines is 1. The smallest absolute Gasteiger partial charge is 0.0360 e. The molecule has 0 saturated carbocycles. The van der Waals surface area contributed by atoms with Gasteiger partial charge in [0.1, 0.15) is 0 Å². The number of benzene rings is 1.